The van der Waals surface area contributed by atoms with Crippen LogP contribution in [0.5, 0.6) is 0 Å². The highest BCUT2D eigenvalue weighted by Gasteiger charge is 1.84. The number of alkyl halides is 1. The summed E-state index contributed by atoms with van der Waals surface area (Å²) < 4.78 is 0. The molecule has 1 aromatic carbocycles. The molecule has 0 saturated carbocycles. The van der Waals surface area contributed by atoms with Gasteiger partial charge in [0, 0.05) is 17.6 Å². The first-order valence-corrected chi connectivity index (χ1v) is 4.40. The molecular weight excluding hydrogens is 225 g/mol. The number of benzene rings is 1. The molecule has 0 aliphatic carbocycles. The zero-order valence-electron chi connectivity index (χ0n) is 6.09. The van der Waals surface area contributed by atoms with Crippen molar-refractivity contribution in [3.05, 3.63) is 30.3 Å². The van der Waals surface area contributed by atoms with Gasteiger partial charge >= 0.3 is 0 Å². The molecule has 11 heavy (non-hydrogen) atoms. The van der Waals surface area contributed by atoms with E-state index in [0.29, 0.717) is 0 Å². The van der Waals surface area contributed by atoms with E-state index in [1.165, 1.54) is 5.69 Å². The molecule has 3 heteroatoms. The van der Waals surface area contributed by atoms with E-state index in [9.17, 15) is 0 Å². The van der Waals surface area contributed by atoms with Gasteiger partial charge in [-0.25, -0.2) is 0 Å². The molecule has 0 aromatic heterocycles. The van der Waals surface area contributed by atoms with Crippen molar-refractivity contribution in [3.8, 4) is 0 Å². The monoisotopic (exact) mass is 235 g/mol. The maximum Gasteiger partial charge on any atom is 0.0340 e. The smallest absolute Gasteiger partial charge is 0.0340 e. The number of anilines is 1. The SMILES string of the molecule is BrCCNc1ccccc1.Cl. The fourth-order valence-electron chi connectivity index (χ4n) is 0.748. The first-order valence-electron chi connectivity index (χ1n) is 3.28. The molecule has 0 unspecified atom stereocenters. The van der Waals surface area contributed by atoms with Crippen LogP contribution in [0.3, 0.4) is 0 Å². The van der Waals surface area contributed by atoms with Gasteiger partial charge in [0.1, 0.15) is 0 Å². The Hall–Kier alpha value is -0.210. The minimum atomic E-state index is 0. The number of hydrogen-bond donors (Lipinski definition) is 1. The van der Waals surface area contributed by atoms with Crippen LogP contribution < -0.4 is 5.32 Å². The van der Waals surface area contributed by atoms with Crippen LogP contribution in [0.1, 0.15) is 0 Å². The van der Waals surface area contributed by atoms with Crippen LogP contribution in [0.15, 0.2) is 30.3 Å². The van der Waals surface area contributed by atoms with E-state index in [2.05, 4.69) is 33.4 Å². The predicted molar refractivity (Wildman–Crippen MR) is 56.0 cm³/mol. The van der Waals surface area contributed by atoms with Gasteiger partial charge < -0.3 is 5.32 Å². The first kappa shape index (κ1) is 10.8. The minimum absolute atomic E-state index is 0. The summed E-state index contributed by atoms with van der Waals surface area (Å²) >= 11 is 3.34. The summed E-state index contributed by atoms with van der Waals surface area (Å²) in [5.74, 6) is 0. The zero-order chi connectivity index (χ0) is 7.23. The Labute approximate surface area is 81.7 Å². The van der Waals surface area contributed by atoms with Crippen LogP contribution >= 0.6 is 28.3 Å². The van der Waals surface area contributed by atoms with E-state index in [4.69, 9.17) is 0 Å². The molecule has 1 aromatic rings. The summed E-state index contributed by atoms with van der Waals surface area (Å²) in [5.41, 5.74) is 1.18. The van der Waals surface area contributed by atoms with Gasteiger partial charge in [0.15, 0.2) is 0 Å². The van der Waals surface area contributed by atoms with Crippen LogP contribution in [-0.2, 0) is 0 Å². The molecule has 0 saturated heterocycles. The second-order valence-corrected chi connectivity index (χ2v) is 2.77. The second-order valence-electron chi connectivity index (χ2n) is 1.98. The molecule has 0 amide bonds. The second kappa shape index (κ2) is 6.50. The van der Waals surface area contributed by atoms with Gasteiger partial charge in [-0.2, -0.15) is 0 Å². The molecule has 0 spiro atoms. The van der Waals surface area contributed by atoms with Crippen molar-refractivity contribution < 1.29 is 0 Å². The maximum atomic E-state index is 3.34. The van der Waals surface area contributed by atoms with Crippen molar-refractivity contribution in [1.29, 1.82) is 0 Å². The van der Waals surface area contributed by atoms with Crippen LogP contribution in [0.2, 0.25) is 0 Å². The Kier molecular flexibility index (Phi) is 6.37. The zero-order valence-corrected chi connectivity index (χ0v) is 8.49. The van der Waals surface area contributed by atoms with Gasteiger partial charge in [-0.1, -0.05) is 34.1 Å². The largest absolute Gasteiger partial charge is 0.384 e. The lowest BCUT2D eigenvalue weighted by Crippen LogP contribution is -2.00. The Morgan fingerprint density at radius 1 is 1.18 bits per heavy atom. The average Bonchev–Trinajstić information content (AvgIpc) is 2.03. The first-order chi connectivity index (χ1) is 4.93. The number of para-hydroxylation sites is 1. The van der Waals surface area contributed by atoms with E-state index >= 15 is 0 Å². The molecule has 0 aliphatic rings. The highest BCUT2D eigenvalue weighted by Crippen LogP contribution is 2.03. The van der Waals surface area contributed by atoms with Crippen molar-refractivity contribution in [2.24, 2.45) is 0 Å². The highest BCUT2D eigenvalue weighted by molar-refractivity contribution is 9.09. The van der Waals surface area contributed by atoms with Crippen molar-refractivity contribution in [2.75, 3.05) is 17.2 Å². The minimum Gasteiger partial charge on any atom is -0.384 e. The summed E-state index contributed by atoms with van der Waals surface area (Å²) in [4.78, 5) is 0. The summed E-state index contributed by atoms with van der Waals surface area (Å²) in [7, 11) is 0. The topological polar surface area (TPSA) is 12.0 Å². The van der Waals surface area contributed by atoms with Gasteiger partial charge in [0.05, 0.1) is 0 Å². The Bertz CT molecular complexity index is 179. The lowest BCUT2D eigenvalue weighted by atomic mass is 10.3. The van der Waals surface area contributed by atoms with Crippen LogP contribution in [-0.4, -0.2) is 11.9 Å². The number of rotatable bonds is 3. The summed E-state index contributed by atoms with van der Waals surface area (Å²) in [6.07, 6.45) is 0. The Morgan fingerprint density at radius 2 is 1.82 bits per heavy atom. The van der Waals surface area contributed by atoms with E-state index < -0.39 is 0 Å². The molecular formula is C8H11BrClN. The third-order valence-electron chi connectivity index (χ3n) is 1.20. The normalized spacial score (nSPS) is 8.45. The number of hydrogen-bond acceptors (Lipinski definition) is 1. The van der Waals surface area contributed by atoms with Gasteiger partial charge in [-0.05, 0) is 12.1 Å². The van der Waals surface area contributed by atoms with E-state index in [1.54, 1.807) is 0 Å². The van der Waals surface area contributed by atoms with Crippen molar-refractivity contribution >= 4 is 34.0 Å². The molecule has 1 rings (SSSR count). The van der Waals surface area contributed by atoms with Crippen LogP contribution in [0.4, 0.5) is 5.69 Å². The molecule has 0 bridgehead atoms. The third kappa shape index (κ3) is 4.27. The fraction of sp³-hybridized carbons (Fsp3) is 0.250. The van der Waals surface area contributed by atoms with E-state index in [0.717, 1.165) is 11.9 Å². The van der Waals surface area contributed by atoms with Gasteiger partial charge in [0.2, 0.25) is 0 Å². The molecule has 1 nitrogen and oxygen atoms in total. The fourth-order valence-corrected chi connectivity index (χ4v) is 0.946. The molecule has 0 fully saturated rings. The summed E-state index contributed by atoms with van der Waals surface area (Å²) in [6.45, 7) is 0.976. The van der Waals surface area contributed by atoms with Crippen molar-refractivity contribution in [3.63, 3.8) is 0 Å². The average molecular weight is 237 g/mol. The maximum absolute atomic E-state index is 3.34. The molecule has 0 aliphatic heterocycles. The molecule has 0 radical (unpaired) electrons. The van der Waals surface area contributed by atoms with Crippen LogP contribution in [0, 0.1) is 0 Å². The lowest BCUT2D eigenvalue weighted by molar-refractivity contribution is 1.24. The third-order valence-corrected chi connectivity index (χ3v) is 1.59. The summed E-state index contributed by atoms with van der Waals surface area (Å²) in [5, 5.41) is 4.24. The van der Waals surface area contributed by atoms with E-state index in [-0.39, 0.29) is 12.4 Å². The highest BCUT2D eigenvalue weighted by atomic mass is 79.9. The van der Waals surface area contributed by atoms with Gasteiger partial charge in [-0.3, -0.25) is 0 Å². The molecule has 0 atom stereocenters. The van der Waals surface area contributed by atoms with Crippen LogP contribution in [0.25, 0.3) is 0 Å². The van der Waals surface area contributed by atoms with Crippen molar-refractivity contribution in [2.45, 2.75) is 0 Å². The summed E-state index contributed by atoms with van der Waals surface area (Å²) in [6, 6.07) is 10.2. The predicted octanol–water partition coefficient (Wildman–Crippen LogP) is 2.92. The van der Waals surface area contributed by atoms with Gasteiger partial charge in [-0.15, -0.1) is 12.4 Å². The Morgan fingerprint density at radius 3 is 2.36 bits per heavy atom. The standard InChI is InChI=1S/C8H10BrN.ClH/c9-6-7-10-8-4-2-1-3-5-8;/h1-5,10H,6-7H2;1H. The van der Waals surface area contributed by atoms with Crippen molar-refractivity contribution in [1.82, 2.24) is 0 Å². The molecule has 62 valence electrons. The molecule has 0 heterocycles. The number of nitrogens with one attached hydrogen (secondary N) is 1. The van der Waals surface area contributed by atoms with E-state index in [1.807, 2.05) is 18.2 Å². The quantitative estimate of drug-likeness (QED) is 0.796. The number of halogens is 2. The lowest BCUT2D eigenvalue weighted by Gasteiger charge is -2.01. The van der Waals surface area contributed by atoms with Gasteiger partial charge in [0.25, 0.3) is 0 Å². The molecule has 1 N–H and O–H groups in total. The Balaban J connectivity index is 0.000001000.